The van der Waals surface area contributed by atoms with Gasteiger partial charge in [0, 0.05) is 38.8 Å². The fourth-order valence-electron chi connectivity index (χ4n) is 1.96. The van der Waals surface area contributed by atoms with E-state index in [2.05, 4.69) is 20.5 Å². The van der Waals surface area contributed by atoms with Crippen molar-refractivity contribution in [3.63, 3.8) is 0 Å². The van der Waals surface area contributed by atoms with Crippen molar-refractivity contribution in [3.05, 3.63) is 17.5 Å². The van der Waals surface area contributed by atoms with Crippen molar-refractivity contribution in [2.24, 2.45) is 7.05 Å². The quantitative estimate of drug-likeness (QED) is 0.674. The molecule has 1 unspecified atom stereocenters. The Morgan fingerprint density at radius 1 is 1.50 bits per heavy atom. The van der Waals surface area contributed by atoms with E-state index < -0.39 is 12.0 Å². The van der Waals surface area contributed by atoms with Crippen molar-refractivity contribution in [1.29, 1.82) is 0 Å². The van der Waals surface area contributed by atoms with E-state index in [0.29, 0.717) is 13.1 Å². The van der Waals surface area contributed by atoms with Crippen LogP contribution in [-0.4, -0.2) is 41.4 Å². The van der Waals surface area contributed by atoms with E-state index in [4.69, 9.17) is 0 Å². The third-order valence-electron chi connectivity index (χ3n) is 2.85. The van der Waals surface area contributed by atoms with Crippen molar-refractivity contribution < 1.29 is 14.3 Å². The highest BCUT2D eigenvalue weighted by Gasteiger charge is 2.19. The molecule has 0 aliphatic carbocycles. The van der Waals surface area contributed by atoms with Gasteiger partial charge in [-0.05, 0) is 6.42 Å². The SMILES string of the molecule is CCc1nn(C)cc1CNCC(NC(C)=O)C(=O)OC. The summed E-state index contributed by atoms with van der Waals surface area (Å²) in [4.78, 5) is 22.6. The van der Waals surface area contributed by atoms with Crippen molar-refractivity contribution in [3.8, 4) is 0 Å². The second kappa shape index (κ2) is 7.64. The number of aromatic nitrogens is 2. The van der Waals surface area contributed by atoms with Gasteiger partial charge in [0.15, 0.2) is 0 Å². The maximum Gasteiger partial charge on any atom is 0.329 e. The summed E-state index contributed by atoms with van der Waals surface area (Å²) in [6.07, 6.45) is 2.79. The van der Waals surface area contributed by atoms with E-state index in [-0.39, 0.29) is 5.91 Å². The molecule has 0 fully saturated rings. The minimum absolute atomic E-state index is 0.266. The van der Waals surface area contributed by atoms with Gasteiger partial charge in [0.05, 0.1) is 12.8 Å². The maximum absolute atomic E-state index is 11.5. The Morgan fingerprint density at radius 2 is 2.20 bits per heavy atom. The van der Waals surface area contributed by atoms with Crippen LogP contribution >= 0.6 is 0 Å². The summed E-state index contributed by atoms with van der Waals surface area (Å²) in [6, 6.07) is -0.681. The highest BCUT2D eigenvalue weighted by Crippen LogP contribution is 2.06. The van der Waals surface area contributed by atoms with Crippen molar-refractivity contribution >= 4 is 11.9 Å². The summed E-state index contributed by atoms with van der Waals surface area (Å²) in [5.41, 5.74) is 2.11. The lowest BCUT2D eigenvalue weighted by molar-refractivity contribution is -0.144. The van der Waals surface area contributed by atoms with Crippen molar-refractivity contribution in [2.75, 3.05) is 13.7 Å². The molecular weight excluding hydrogens is 260 g/mol. The van der Waals surface area contributed by atoms with Gasteiger partial charge in [-0.2, -0.15) is 5.10 Å². The zero-order valence-electron chi connectivity index (χ0n) is 12.4. The average Bonchev–Trinajstić information content (AvgIpc) is 2.76. The summed E-state index contributed by atoms with van der Waals surface area (Å²) in [5.74, 6) is -0.729. The number of hydrogen-bond donors (Lipinski definition) is 2. The van der Waals surface area contributed by atoms with Gasteiger partial charge < -0.3 is 15.4 Å². The number of nitrogens with one attached hydrogen (secondary N) is 2. The Kier molecular flexibility index (Phi) is 6.17. The molecule has 0 saturated heterocycles. The third-order valence-corrected chi connectivity index (χ3v) is 2.85. The fourth-order valence-corrected chi connectivity index (χ4v) is 1.96. The van der Waals surface area contributed by atoms with Crippen LogP contribution in [0.25, 0.3) is 0 Å². The van der Waals surface area contributed by atoms with Gasteiger partial charge in [-0.1, -0.05) is 6.92 Å². The molecular formula is C13H22N4O3. The summed E-state index contributed by atoms with van der Waals surface area (Å²) in [7, 11) is 3.17. The average molecular weight is 282 g/mol. The Balaban J connectivity index is 2.55. The molecule has 1 atom stereocenters. The van der Waals surface area contributed by atoms with Crippen LogP contribution in [0.5, 0.6) is 0 Å². The Hall–Kier alpha value is -1.89. The van der Waals surface area contributed by atoms with Gasteiger partial charge >= 0.3 is 5.97 Å². The van der Waals surface area contributed by atoms with Gasteiger partial charge in [-0.25, -0.2) is 4.79 Å². The Labute approximate surface area is 118 Å². The normalized spacial score (nSPS) is 12.0. The monoisotopic (exact) mass is 282 g/mol. The number of amides is 1. The number of methoxy groups -OCH3 is 1. The number of rotatable bonds is 7. The molecule has 1 aromatic heterocycles. The molecule has 112 valence electrons. The fraction of sp³-hybridized carbons (Fsp3) is 0.615. The van der Waals surface area contributed by atoms with Crippen LogP contribution in [0, 0.1) is 0 Å². The molecule has 1 amide bonds. The van der Waals surface area contributed by atoms with Crippen molar-refractivity contribution in [2.45, 2.75) is 32.9 Å². The van der Waals surface area contributed by atoms with Crippen LogP contribution in [0.1, 0.15) is 25.1 Å². The van der Waals surface area contributed by atoms with E-state index >= 15 is 0 Å². The molecule has 0 aromatic carbocycles. The van der Waals surface area contributed by atoms with Crippen LogP contribution in [0.2, 0.25) is 0 Å². The molecule has 7 nitrogen and oxygen atoms in total. The molecule has 0 saturated carbocycles. The number of carbonyl (C=O) groups is 2. The standard InChI is InChI=1S/C13H22N4O3/c1-5-11-10(8-17(3)16-11)6-14-7-12(13(19)20-4)15-9(2)18/h8,12,14H,5-7H2,1-4H3,(H,15,18). The lowest BCUT2D eigenvalue weighted by Crippen LogP contribution is -2.47. The number of aryl methyl sites for hydroxylation is 2. The largest absolute Gasteiger partial charge is 0.467 e. The van der Waals surface area contributed by atoms with Gasteiger partial charge in [-0.3, -0.25) is 9.48 Å². The van der Waals surface area contributed by atoms with Crippen LogP contribution in [0.3, 0.4) is 0 Å². The summed E-state index contributed by atoms with van der Waals surface area (Å²) in [5, 5.41) is 10.0. The number of nitrogens with zero attached hydrogens (tertiary/aromatic N) is 2. The molecule has 0 bridgehead atoms. The van der Waals surface area contributed by atoms with E-state index in [9.17, 15) is 9.59 Å². The van der Waals surface area contributed by atoms with E-state index in [1.165, 1.54) is 14.0 Å². The van der Waals surface area contributed by atoms with Crippen LogP contribution in [0.15, 0.2) is 6.20 Å². The topological polar surface area (TPSA) is 85.3 Å². The molecule has 1 rings (SSSR count). The van der Waals surface area contributed by atoms with Crippen LogP contribution in [-0.2, 0) is 34.3 Å². The highest BCUT2D eigenvalue weighted by molar-refractivity contribution is 5.83. The first-order valence-corrected chi connectivity index (χ1v) is 6.55. The predicted octanol–water partition coefficient (Wildman–Crippen LogP) is -0.250. The molecule has 2 N–H and O–H groups in total. The first-order chi connectivity index (χ1) is 9.47. The van der Waals surface area contributed by atoms with E-state index in [1.807, 2.05) is 20.2 Å². The van der Waals surface area contributed by atoms with Gasteiger partial charge in [0.25, 0.3) is 0 Å². The van der Waals surface area contributed by atoms with E-state index in [1.54, 1.807) is 4.68 Å². The molecule has 1 aromatic rings. The molecule has 1 heterocycles. The highest BCUT2D eigenvalue weighted by atomic mass is 16.5. The van der Waals surface area contributed by atoms with Crippen LogP contribution in [0.4, 0.5) is 0 Å². The second-order valence-electron chi connectivity index (χ2n) is 4.54. The first kappa shape index (κ1) is 16.2. The lowest BCUT2D eigenvalue weighted by Gasteiger charge is -2.16. The summed E-state index contributed by atoms with van der Waals surface area (Å²) in [6.45, 7) is 4.31. The zero-order valence-corrected chi connectivity index (χ0v) is 12.4. The maximum atomic E-state index is 11.5. The minimum atomic E-state index is -0.681. The number of ether oxygens (including phenoxy) is 1. The minimum Gasteiger partial charge on any atom is -0.467 e. The summed E-state index contributed by atoms with van der Waals surface area (Å²) >= 11 is 0. The second-order valence-corrected chi connectivity index (χ2v) is 4.54. The van der Waals surface area contributed by atoms with Gasteiger partial charge in [-0.15, -0.1) is 0 Å². The van der Waals surface area contributed by atoms with Crippen molar-refractivity contribution in [1.82, 2.24) is 20.4 Å². The Morgan fingerprint density at radius 3 is 2.75 bits per heavy atom. The molecule has 0 spiro atoms. The molecule has 0 radical (unpaired) electrons. The third kappa shape index (κ3) is 4.65. The number of carbonyl (C=O) groups excluding carboxylic acids is 2. The predicted molar refractivity (Wildman–Crippen MR) is 73.9 cm³/mol. The van der Waals surface area contributed by atoms with Crippen LogP contribution < -0.4 is 10.6 Å². The zero-order chi connectivity index (χ0) is 15.1. The first-order valence-electron chi connectivity index (χ1n) is 6.55. The van der Waals surface area contributed by atoms with Gasteiger partial charge in [0.1, 0.15) is 6.04 Å². The molecule has 0 aliphatic rings. The Bertz CT molecular complexity index is 470. The smallest absolute Gasteiger partial charge is 0.329 e. The molecule has 7 heteroatoms. The molecule has 20 heavy (non-hydrogen) atoms. The molecule has 0 aliphatic heterocycles. The lowest BCUT2D eigenvalue weighted by atomic mass is 10.2. The van der Waals surface area contributed by atoms with Gasteiger partial charge in [0.2, 0.25) is 5.91 Å². The summed E-state index contributed by atoms with van der Waals surface area (Å²) < 4.78 is 6.42. The number of esters is 1. The van der Waals surface area contributed by atoms with E-state index in [0.717, 1.165) is 17.7 Å². The number of hydrogen-bond acceptors (Lipinski definition) is 5.